The van der Waals surface area contributed by atoms with Gasteiger partial charge in [0.1, 0.15) is 0 Å². The van der Waals surface area contributed by atoms with Gasteiger partial charge in [-0.2, -0.15) is 0 Å². The van der Waals surface area contributed by atoms with E-state index in [-0.39, 0.29) is 0 Å². The minimum absolute atomic E-state index is 0.434. The van der Waals surface area contributed by atoms with Gasteiger partial charge in [0.2, 0.25) is 0 Å². The lowest BCUT2D eigenvalue weighted by atomic mass is 9.44. The first-order valence-corrected chi connectivity index (χ1v) is 6.62. The van der Waals surface area contributed by atoms with Gasteiger partial charge in [0.05, 0.1) is 0 Å². The minimum Gasteiger partial charge on any atom is -0.327 e. The van der Waals surface area contributed by atoms with Gasteiger partial charge in [-0.3, -0.25) is 0 Å². The second-order valence-electron chi connectivity index (χ2n) is 7.47. The van der Waals surface area contributed by atoms with Crippen LogP contribution in [0.3, 0.4) is 0 Å². The van der Waals surface area contributed by atoms with E-state index < -0.39 is 0 Å². The first kappa shape index (κ1) is 10.1. The van der Waals surface area contributed by atoms with Crippen LogP contribution in [0.1, 0.15) is 47.0 Å². The van der Waals surface area contributed by atoms with Crippen LogP contribution in [0.2, 0.25) is 0 Å². The second-order valence-corrected chi connectivity index (χ2v) is 7.47. The molecule has 2 bridgehead atoms. The van der Waals surface area contributed by atoms with Crippen LogP contribution in [0, 0.1) is 34.5 Å². The third kappa shape index (κ3) is 1.08. The summed E-state index contributed by atoms with van der Waals surface area (Å²) in [5.41, 5.74) is 7.30. The standard InChI is InChI=1S/C14H25N/c1-13(2)8-5-6-9(10(13)7-8)11-12(15)14(11,3)4/h8-12H,5-7,15H2,1-4H3. The first-order chi connectivity index (χ1) is 6.87. The Labute approximate surface area is 93.8 Å². The van der Waals surface area contributed by atoms with Gasteiger partial charge < -0.3 is 5.73 Å². The SMILES string of the molecule is CC1(C)C2CCC(C3C(N)C3(C)C)C1C2. The Hall–Kier alpha value is -0.0400. The number of nitrogens with two attached hydrogens (primary N) is 1. The molecule has 0 aliphatic heterocycles. The topological polar surface area (TPSA) is 26.0 Å². The van der Waals surface area contributed by atoms with Crippen LogP contribution in [-0.4, -0.2) is 6.04 Å². The fraction of sp³-hybridized carbons (Fsp3) is 1.00. The Kier molecular flexibility index (Phi) is 1.77. The van der Waals surface area contributed by atoms with E-state index in [4.69, 9.17) is 5.73 Å². The van der Waals surface area contributed by atoms with E-state index in [0.29, 0.717) is 16.9 Å². The molecule has 5 unspecified atom stereocenters. The Bertz CT molecular complexity index is 288. The largest absolute Gasteiger partial charge is 0.327 e. The zero-order valence-electron chi connectivity index (χ0n) is 10.6. The lowest BCUT2D eigenvalue weighted by Gasteiger charge is -2.60. The fourth-order valence-electron chi connectivity index (χ4n) is 4.83. The molecular weight excluding hydrogens is 182 g/mol. The van der Waals surface area contributed by atoms with E-state index in [0.717, 1.165) is 23.7 Å². The van der Waals surface area contributed by atoms with E-state index >= 15 is 0 Å². The van der Waals surface area contributed by atoms with Crippen molar-refractivity contribution in [2.45, 2.75) is 53.0 Å². The summed E-state index contributed by atoms with van der Waals surface area (Å²) < 4.78 is 0. The fourth-order valence-corrected chi connectivity index (χ4v) is 4.83. The summed E-state index contributed by atoms with van der Waals surface area (Å²) in [5.74, 6) is 3.77. The molecule has 4 aliphatic carbocycles. The molecule has 0 aromatic carbocycles. The van der Waals surface area contributed by atoms with E-state index in [9.17, 15) is 0 Å². The predicted molar refractivity (Wildman–Crippen MR) is 63.3 cm³/mol. The highest BCUT2D eigenvalue weighted by molar-refractivity contribution is 5.16. The first-order valence-electron chi connectivity index (χ1n) is 6.62. The molecular formula is C14H25N. The van der Waals surface area contributed by atoms with Crippen molar-refractivity contribution in [3.05, 3.63) is 0 Å². The summed E-state index contributed by atoms with van der Waals surface area (Å²) in [7, 11) is 0. The summed E-state index contributed by atoms with van der Waals surface area (Å²) in [4.78, 5) is 0. The van der Waals surface area contributed by atoms with Gasteiger partial charge in [0.25, 0.3) is 0 Å². The van der Waals surface area contributed by atoms with E-state index in [1.807, 2.05) is 0 Å². The monoisotopic (exact) mass is 207 g/mol. The van der Waals surface area contributed by atoms with Crippen LogP contribution in [0.25, 0.3) is 0 Å². The summed E-state index contributed by atoms with van der Waals surface area (Å²) in [5, 5.41) is 0. The number of fused-ring (bicyclic) bond motifs is 2. The molecule has 1 nitrogen and oxygen atoms in total. The molecule has 2 N–H and O–H groups in total. The van der Waals surface area contributed by atoms with Gasteiger partial charge in [-0.25, -0.2) is 0 Å². The molecule has 4 rings (SSSR count). The van der Waals surface area contributed by atoms with Crippen molar-refractivity contribution in [3.63, 3.8) is 0 Å². The van der Waals surface area contributed by atoms with Crippen LogP contribution in [0.5, 0.6) is 0 Å². The third-order valence-corrected chi connectivity index (χ3v) is 6.37. The van der Waals surface area contributed by atoms with E-state index in [1.54, 1.807) is 0 Å². The van der Waals surface area contributed by atoms with Gasteiger partial charge in [0, 0.05) is 6.04 Å². The molecule has 4 aliphatic rings. The summed E-state index contributed by atoms with van der Waals surface area (Å²) in [6, 6.07) is 0.482. The molecule has 4 saturated carbocycles. The Morgan fingerprint density at radius 2 is 1.60 bits per heavy atom. The predicted octanol–water partition coefficient (Wildman–Crippen LogP) is 3.04. The summed E-state index contributed by atoms with van der Waals surface area (Å²) in [6.45, 7) is 9.69. The summed E-state index contributed by atoms with van der Waals surface area (Å²) in [6.07, 6.45) is 4.42. The molecule has 0 aromatic heterocycles. The molecule has 15 heavy (non-hydrogen) atoms. The maximum Gasteiger partial charge on any atom is 0.0130 e. The third-order valence-electron chi connectivity index (χ3n) is 6.37. The van der Waals surface area contributed by atoms with Crippen molar-refractivity contribution in [3.8, 4) is 0 Å². The number of rotatable bonds is 1. The van der Waals surface area contributed by atoms with Gasteiger partial charge in [-0.05, 0) is 53.8 Å². The quantitative estimate of drug-likeness (QED) is 0.702. The van der Waals surface area contributed by atoms with Crippen molar-refractivity contribution in [2.24, 2.45) is 40.2 Å². The van der Waals surface area contributed by atoms with Gasteiger partial charge in [0.15, 0.2) is 0 Å². The van der Waals surface area contributed by atoms with Crippen molar-refractivity contribution in [1.29, 1.82) is 0 Å². The molecule has 0 spiro atoms. The van der Waals surface area contributed by atoms with Crippen LogP contribution in [0.15, 0.2) is 0 Å². The minimum atomic E-state index is 0.434. The summed E-state index contributed by atoms with van der Waals surface area (Å²) >= 11 is 0. The van der Waals surface area contributed by atoms with Crippen LogP contribution >= 0.6 is 0 Å². The molecule has 0 heterocycles. The highest BCUT2D eigenvalue weighted by atomic mass is 14.9. The highest BCUT2D eigenvalue weighted by Gasteiger charge is 2.65. The van der Waals surface area contributed by atoms with Crippen molar-refractivity contribution in [2.75, 3.05) is 0 Å². The molecule has 5 atom stereocenters. The smallest absolute Gasteiger partial charge is 0.0130 e. The highest BCUT2D eigenvalue weighted by Crippen LogP contribution is 2.68. The Morgan fingerprint density at radius 1 is 1.00 bits per heavy atom. The maximum absolute atomic E-state index is 6.24. The molecule has 0 radical (unpaired) electrons. The van der Waals surface area contributed by atoms with Crippen LogP contribution in [0.4, 0.5) is 0 Å². The lowest BCUT2D eigenvalue weighted by molar-refractivity contribution is -0.114. The molecule has 86 valence electrons. The zero-order chi connectivity index (χ0) is 11.0. The number of hydrogen-bond acceptors (Lipinski definition) is 1. The normalized spacial score (nSPS) is 54.6. The Balaban J connectivity index is 1.79. The number of hydrogen-bond donors (Lipinski definition) is 1. The molecule has 0 saturated heterocycles. The molecule has 0 amide bonds. The Morgan fingerprint density at radius 3 is 2.00 bits per heavy atom. The van der Waals surface area contributed by atoms with Crippen molar-refractivity contribution < 1.29 is 0 Å². The van der Waals surface area contributed by atoms with Crippen molar-refractivity contribution in [1.82, 2.24) is 0 Å². The van der Waals surface area contributed by atoms with Gasteiger partial charge >= 0.3 is 0 Å². The van der Waals surface area contributed by atoms with E-state index in [1.165, 1.54) is 19.3 Å². The zero-order valence-corrected chi connectivity index (χ0v) is 10.6. The van der Waals surface area contributed by atoms with Gasteiger partial charge in [-0.15, -0.1) is 0 Å². The molecule has 1 heteroatoms. The lowest BCUT2D eigenvalue weighted by Crippen LogP contribution is -2.53. The average molecular weight is 207 g/mol. The maximum atomic E-state index is 6.24. The molecule has 4 fully saturated rings. The van der Waals surface area contributed by atoms with Crippen LogP contribution in [-0.2, 0) is 0 Å². The van der Waals surface area contributed by atoms with Crippen LogP contribution < -0.4 is 5.73 Å². The molecule has 0 aromatic rings. The average Bonchev–Trinajstić information content (AvgIpc) is 2.66. The van der Waals surface area contributed by atoms with E-state index in [2.05, 4.69) is 27.7 Å². The second kappa shape index (κ2) is 2.61. The van der Waals surface area contributed by atoms with Gasteiger partial charge in [-0.1, -0.05) is 27.7 Å². The van der Waals surface area contributed by atoms with Crippen molar-refractivity contribution >= 4 is 0 Å².